The summed E-state index contributed by atoms with van der Waals surface area (Å²) in [5.41, 5.74) is 5.40. The third-order valence-electron chi connectivity index (χ3n) is 1.82. The van der Waals surface area contributed by atoms with Gasteiger partial charge in [0.25, 0.3) is 0 Å². The van der Waals surface area contributed by atoms with Crippen LogP contribution in [0.4, 0.5) is 11.6 Å². The van der Waals surface area contributed by atoms with Crippen LogP contribution in [0.25, 0.3) is 0 Å². The Morgan fingerprint density at radius 3 is 2.80 bits per heavy atom. The number of likely N-dealkylation sites (N-methyl/N-ethyl adjacent to an activating group) is 2. The van der Waals surface area contributed by atoms with E-state index in [1.54, 1.807) is 24.1 Å². The van der Waals surface area contributed by atoms with E-state index in [2.05, 4.69) is 15.5 Å². The van der Waals surface area contributed by atoms with E-state index in [1.165, 1.54) is 0 Å². The first kappa shape index (κ1) is 11.2. The molecule has 1 heterocycles. The first-order chi connectivity index (χ1) is 7.13. The maximum atomic E-state index is 11.3. The molecule has 0 atom stereocenters. The third kappa shape index (κ3) is 3.41. The van der Waals surface area contributed by atoms with E-state index in [-0.39, 0.29) is 12.5 Å². The van der Waals surface area contributed by atoms with Gasteiger partial charge >= 0.3 is 0 Å². The fourth-order valence-electron chi connectivity index (χ4n) is 1.09. The molecule has 0 fully saturated rings. The number of anilines is 2. The Balaban J connectivity index is 2.57. The minimum atomic E-state index is -0.0429. The second-order valence-electron chi connectivity index (χ2n) is 3.13. The zero-order valence-electron chi connectivity index (χ0n) is 8.90. The Morgan fingerprint density at radius 1 is 1.53 bits per heavy atom. The molecule has 0 bridgehead atoms. The summed E-state index contributed by atoms with van der Waals surface area (Å²) in [6.45, 7) is 2.76. The van der Waals surface area contributed by atoms with Gasteiger partial charge in [0.15, 0.2) is 5.82 Å². The monoisotopic (exact) mass is 209 g/mol. The Hall–Kier alpha value is -1.85. The lowest BCUT2D eigenvalue weighted by Crippen LogP contribution is -2.35. The number of nitrogens with zero attached hydrogens (tertiary/aromatic N) is 3. The molecule has 0 aliphatic carbocycles. The van der Waals surface area contributed by atoms with E-state index in [9.17, 15) is 4.79 Å². The van der Waals surface area contributed by atoms with Gasteiger partial charge in [-0.25, -0.2) is 0 Å². The molecule has 0 aliphatic heterocycles. The van der Waals surface area contributed by atoms with Crippen LogP contribution in [0.1, 0.15) is 6.92 Å². The molecule has 0 radical (unpaired) electrons. The molecular weight excluding hydrogens is 194 g/mol. The highest BCUT2D eigenvalue weighted by Gasteiger charge is 2.07. The van der Waals surface area contributed by atoms with Crippen molar-refractivity contribution in [1.29, 1.82) is 0 Å². The molecule has 0 spiro atoms. The summed E-state index contributed by atoms with van der Waals surface area (Å²) in [5.74, 6) is 0.944. The van der Waals surface area contributed by atoms with Gasteiger partial charge in [0, 0.05) is 13.6 Å². The van der Waals surface area contributed by atoms with Gasteiger partial charge in [-0.3, -0.25) is 4.79 Å². The van der Waals surface area contributed by atoms with E-state index in [0.29, 0.717) is 18.2 Å². The van der Waals surface area contributed by atoms with Crippen molar-refractivity contribution >= 4 is 17.5 Å². The molecule has 15 heavy (non-hydrogen) atoms. The minimum absolute atomic E-state index is 0.0429. The number of hydrogen-bond donors (Lipinski definition) is 2. The lowest BCUT2D eigenvalue weighted by Gasteiger charge is -2.16. The summed E-state index contributed by atoms with van der Waals surface area (Å²) >= 11 is 0. The number of amides is 1. The normalized spacial score (nSPS) is 9.73. The number of aromatic nitrogens is 2. The van der Waals surface area contributed by atoms with Crippen molar-refractivity contribution in [3.05, 3.63) is 12.1 Å². The number of carbonyl (C=O) groups excluding carboxylic acids is 1. The molecule has 0 unspecified atom stereocenters. The topological polar surface area (TPSA) is 84.1 Å². The predicted molar refractivity (Wildman–Crippen MR) is 58.4 cm³/mol. The maximum Gasteiger partial charge on any atom is 0.239 e. The van der Waals surface area contributed by atoms with Crippen LogP contribution in [-0.2, 0) is 4.79 Å². The van der Waals surface area contributed by atoms with Crippen molar-refractivity contribution in [3.63, 3.8) is 0 Å². The van der Waals surface area contributed by atoms with Crippen LogP contribution in [-0.4, -0.2) is 36.2 Å². The first-order valence-electron chi connectivity index (χ1n) is 4.70. The van der Waals surface area contributed by atoms with Crippen LogP contribution in [0.3, 0.4) is 0 Å². The Kier molecular flexibility index (Phi) is 3.84. The molecular formula is C9H15N5O. The van der Waals surface area contributed by atoms with E-state index in [1.807, 2.05) is 6.92 Å². The number of nitrogens with two attached hydrogens (primary N) is 1. The molecule has 6 heteroatoms. The molecule has 1 aromatic rings. The number of carbonyl (C=O) groups is 1. The number of hydrogen-bond acceptors (Lipinski definition) is 5. The van der Waals surface area contributed by atoms with Gasteiger partial charge in [-0.1, -0.05) is 0 Å². The molecule has 0 saturated carbocycles. The molecule has 0 aliphatic rings. The highest BCUT2D eigenvalue weighted by molar-refractivity contribution is 5.80. The molecule has 6 nitrogen and oxygen atoms in total. The van der Waals surface area contributed by atoms with Crippen molar-refractivity contribution in [2.45, 2.75) is 6.92 Å². The summed E-state index contributed by atoms with van der Waals surface area (Å²) in [5, 5.41) is 10.3. The summed E-state index contributed by atoms with van der Waals surface area (Å²) < 4.78 is 0. The summed E-state index contributed by atoms with van der Waals surface area (Å²) in [4.78, 5) is 13.0. The molecule has 1 rings (SSSR count). The van der Waals surface area contributed by atoms with Gasteiger partial charge in [-0.05, 0) is 19.1 Å². The Labute approximate surface area is 88.5 Å². The van der Waals surface area contributed by atoms with Gasteiger partial charge < -0.3 is 16.0 Å². The Bertz CT molecular complexity index is 324. The van der Waals surface area contributed by atoms with E-state index >= 15 is 0 Å². The Morgan fingerprint density at radius 2 is 2.27 bits per heavy atom. The molecule has 1 amide bonds. The fraction of sp³-hybridized carbons (Fsp3) is 0.444. The van der Waals surface area contributed by atoms with Crippen molar-refractivity contribution in [3.8, 4) is 0 Å². The van der Waals surface area contributed by atoms with Gasteiger partial charge in [0.05, 0.1) is 6.54 Å². The van der Waals surface area contributed by atoms with Crippen LogP contribution in [0.5, 0.6) is 0 Å². The van der Waals surface area contributed by atoms with Crippen LogP contribution in [0.15, 0.2) is 12.1 Å². The van der Waals surface area contributed by atoms with Crippen LogP contribution in [0.2, 0.25) is 0 Å². The number of rotatable bonds is 4. The second-order valence-corrected chi connectivity index (χ2v) is 3.13. The quantitative estimate of drug-likeness (QED) is 0.707. The molecule has 3 N–H and O–H groups in total. The van der Waals surface area contributed by atoms with Crippen molar-refractivity contribution < 1.29 is 4.79 Å². The summed E-state index contributed by atoms with van der Waals surface area (Å²) in [7, 11) is 1.77. The van der Waals surface area contributed by atoms with E-state index in [4.69, 9.17) is 5.73 Å². The van der Waals surface area contributed by atoms with E-state index in [0.717, 1.165) is 0 Å². The number of nitrogen functional groups attached to an aromatic ring is 1. The van der Waals surface area contributed by atoms with E-state index < -0.39 is 0 Å². The fourth-order valence-corrected chi connectivity index (χ4v) is 1.09. The lowest BCUT2D eigenvalue weighted by molar-refractivity contribution is -0.119. The van der Waals surface area contributed by atoms with Gasteiger partial charge in [-0.2, -0.15) is 0 Å². The van der Waals surface area contributed by atoms with Crippen LogP contribution < -0.4 is 16.0 Å². The zero-order valence-corrected chi connectivity index (χ0v) is 8.90. The average Bonchev–Trinajstić information content (AvgIpc) is 2.18. The van der Waals surface area contributed by atoms with Gasteiger partial charge in [0.1, 0.15) is 5.82 Å². The van der Waals surface area contributed by atoms with Crippen LogP contribution >= 0.6 is 0 Å². The first-order valence-corrected chi connectivity index (χ1v) is 4.70. The summed E-state index contributed by atoms with van der Waals surface area (Å²) in [6.07, 6.45) is 0. The average molecular weight is 209 g/mol. The molecule has 0 aromatic carbocycles. The molecule has 0 saturated heterocycles. The standard InChI is InChI=1S/C9H15N5O/c1-3-11-9(15)6-14(2)8-5-4-7(10)12-13-8/h4-5H,3,6H2,1-2H3,(H2,10,12)(H,11,15). The molecule has 1 aromatic heterocycles. The van der Waals surface area contributed by atoms with Gasteiger partial charge in [0.2, 0.25) is 5.91 Å². The van der Waals surface area contributed by atoms with Crippen molar-refractivity contribution in [2.75, 3.05) is 30.8 Å². The third-order valence-corrected chi connectivity index (χ3v) is 1.82. The zero-order chi connectivity index (χ0) is 11.3. The van der Waals surface area contributed by atoms with Crippen molar-refractivity contribution in [1.82, 2.24) is 15.5 Å². The highest BCUT2D eigenvalue weighted by atomic mass is 16.2. The van der Waals surface area contributed by atoms with Gasteiger partial charge in [-0.15, -0.1) is 10.2 Å². The summed E-state index contributed by atoms with van der Waals surface area (Å²) in [6, 6.07) is 3.37. The van der Waals surface area contributed by atoms with Crippen molar-refractivity contribution in [2.24, 2.45) is 0 Å². The number of nitrogens with one attached hydrogen (secondary N) is 1. The smallest absolute Gasteiger partial charge is 0.239 e. The predicted octanol–water partition coefficient (Wildman–Crippen LogP) is -0.369. The SMILES string of the molecule is CCNC(=O)CN(C)c1ccc(N)nn1. The highest BCUT2D eigenvalue weighted by Crippen LogP contribution is 2.07. The van der Waals surface area contributed by atoms with Crippen LogP contribution in [0, 0.1) is 0 Å². The second kappa shape index (κ2) is 5.14. The molecule has 82 valence electrons. The lowest BCUT2D eigenvalue weighted by atomic mass is 10.4. The largest absolute Gasteiger partial charge is 0.382 e. The maximum absolute atomic E-state index is 11.3. The minimum Gasteiger partial charge on any atom is -0.382 e.